The Morgan fingerprint density at radius 2 is 2.33 bits per heavy atom. The highest BCUT2D eigenvalue weighted by molar-refractivity contribution is 5.78. The minimum absolute atomic E-state index is 0.0660. The third-order valence-corrected chi connectivity index (χ3v) is 5.90. The first-order valence-corrected chi connectivity index (χ1v) is 8.65. The van der Waals surface area contributed by atoms with Gasteiger partial charge in [-0.05, 0) is 61.6 Å². The predicted molar refractivity (Wildman–Crippen MR) is 96.0 cm³/mol. The van der Waals surface area contributed by atoms with Crippen LogP contribution in [0.15, 0.2) is 48.0 Å². The van der Waals surface area contributed by atoms with E-state index in [1.165, 1.54) is 6.42 Å². The van der Waals surface area contributed by atoms with Crippen molar-refractivity contribution in [1.29, 1.82) is 0 Å². The molecule has 1 N–H and O–H groups in total. The zero-order chi connectivity index (χ0) is 16.7. The number of benzene rings is 1. The molecule has 5 rings (SSSR count). The van der Waals surface area contributed by atoms with E-state index >= 15 is 0 Å². The lowest BCUT2D eigenvalue weighted by molar-refractivity contribution is -0.0832. The van der Waals surface area contributed by atoms with Gasteiger partial charge in [-0.3, -0.25) is 9.89 Å². The lowest BCUT2D eigenvalue weighted by Gasteiger charge is -2.53. The average Bonchev–Trinajstić information content (AvgIpc) is 2.81. The highest BCUT2D eigenvalue weighted by Crippen LogP contribution is 2.47. The van der Waals surface area contributed by atoms with E-state index in [1.54, 1.807) is 13.3 Å². The molecule has 5 unspecified atom stereocenters. The first-order chi connectivity index (χ1) is 11.7. The SMILES string of the molecule is C=CC1CN2CCC1CC2C1(O)C=CC=Nc2ccc(OC)cc21. The second kappa shape index (κ2) is 5.87. The van der Waals surface area contributed by atoms with Crippen LogP contribution in [0.1, 0.15) is 18.4 Å². The van der Waals surface area contributed by atoms with Crippen LogP contribution in [0.4, 0.5) is 5.69 Å². The van der Waals surface area contributed by atoms with Crippen LogP contribution in [0.3, 0.4) is 0 Å². The zero-order valence-electron chi connectivity index (χ0n) is 14.1. The van der Waals surface area contributed by atoms with E-state index in [2.05, 4.69) is 22.5 Å². The molecule has 4 aliphatic rings. The number of hydrogen-bond donors (Lipinski definition) is 1. The van der Waals surface area contributed by atoms with Crippen LogP contribution in [-0.2, 0) is 5.60 Å². The Kier molecular flexibility index (Phi) is 3.82. The monoisotopic (exact) mass is 324 g/mol. The summed E-state index contributed by atoms with van der Waals surface area (Å²) in [6.45, 7) is 6.01. The maximum Gasteiger partial charge on any atom is 0.126 e. The van der Waals surface area contributed by atoms with Gasteiger partial charge in [0.1, 0.15) is 11.4 Å². The molecule has 24 heavy (non-hydrogen) atoms. The second-order valence-corrected chi connectivity index (χ2v) is 7.04. The summed E-state index contributed by atoms with van der Waals surface area (Å²) in [5.41, 5.74) is 0.594. The van der Waals surface area contributed by atoms with Crippen LogP contribution in [0.2, 0.25) is 0 Å². The number of ether oxygens (including phenoxy) is 1. The smallest absolute Gasteiger partial charge is 0.126 e. The Labute approximate surface area is 143 Å². The van der Waals surface area contributed by atoms with Gasteiger partial charge in [0.2, 0.25) is 0 Å². The van der Waals surface area contributed by atoms with E-state index in [0.29, 0.717) is 11.8 Å². The standard InChI is InChI=1S/C20H24N2O2/c1-3-14-13-22-10-7-15(14)11-19(22)20(23)8-4-9-21-18-6-5-16(24-2)12-17(18)20/h3-6,8-9,12,14-15,19,23H,1,7,10-11,13H2,2H3. The molecule has 126 valence electrons. The highest BCUT2D eigenvalue weighted by Gasteiger charge is 2.49. The third kappa shape index (κ3) is 2.33. The van der Waals surface area contributed by atoms with E-state index in [1.807, 2.05) is 30.4 Å². The molecular formula is C20H24N2O2. The van der Waals surface area contributed by atoms with Crippen LogP contribution in [-0.4, -0.2) is 42.5 Å². The Balaban J connectivity index is 1.77. The molecule has 0 saturated carbocycles. The minimum atomic E-state index is -1.05. The lowest BCUT2D eigenvalue weighted by atomic mass is 9.69. The Hall–Kier alpha value is -1.91. The molecule has 0 aromatic heterocycles. The van der Waals surface area contributed by atoms with Crippen molar-refractivity contribution in [2.24, 2.45) is 16.8 Å². The molecule has 3 fully saturated rings. The Morgan fingerprint density at radius 3 is 3.04 bits per heavy atom. The molecule has 4 heterocycles. The number of nitrogens with zero attached hydrogens (tertiary/aromatic N) is 2. The van der Waals surface area contributed by atoms with E-state index in [0.717, 1.165) is 36.5 Å². The summed E-state index contributed by atoms with van der Waals surface area (Å²) in [7, 11) is 1.65. The minimum Gasteiger partial charge on any atom is -0.497 e. The number of hydrogen-bond acceptors (Lipinski definition) is 4. The maximum atomic E-state index is 11.7. The number of aliphatic imine (C=N–C) groups is 1. The van der Waals surface area contributed by atoms with Crippen LogP contribution in [0.5, 0.6) is 5.75 Å². The summed E-state index contributed by atoms with van der Waals surface area (Å²) in [5.74, 6) is 1.89. The van der Waals surface area contributed by atoms with Gasteiger partial charge in [-0.1, -0.05) is 6.08 Å². The van der Waals surface area contributed by atoms with Gasteiger partial charge in [0.05, 0.1) is 12.8 Å². The number of rotatable bonds is 3. The van der Waals surface area contributed by atoms with Crippen LogP contribution >= 0.6 is 0 Å². The molecule has 3 saturated heterocycles. The van der Waals surface area contributed by atoms with Gasteiger partial charge < -0.3 is 9.84 Å². The lowest BCUT2D eigenvalue weighted by Crippen LogP contribution is -2.60. The second-order valence-electron chi connectivity index (χ2n) is 7.04. The summed E-state index contributed by atoms with van der Waals surface area (Å²) in [6, 6.07) is 5.81. The van der Waals surface area contributed by atoms with Gasteiger partial charge in [0.15, 0.2) is 0 Å². The fraction of sp³-hybridized carbons (Fsp3) is 0.450. The molecular weight excluding hydrogens is 300 g/mol. The molecule has 1 aromatic rings. The summed E-state index contributed by atoms with van der Waals surface area (Å²) in [6.07, 6.45) is 9.77. The maximum absolute atomic E-state index is 11.7. The van der Waals surface area contributed by atoms with Gasteiger partial charge >= 0.3 is 0 Å². The van der Waals surface area contributed by atoms with Crippen molar-refractivity contribution in [1.82, 2.24) is 4.90 Å². The number of piperidine rings is 3. The van der Waals surface area contributed by atoms with Gasteiger partial charge in [-0.25, -0.2) is 0 Å². The number of fused-ring (bicyclic) bond motifs is 4. The quantitative estimate of drug-likeness (QED) is 0.869. The van der Waals surface area contributed by atoms with E-state index in [4.69, 9.17) is 4.74 Å². The molecule has 4 aliphatic heterocycles. The average molecular weight is 324 g/mol. The zero-order valence-corrected chi connectivity index (χ0v) is 14.1. The van der Waals surface area contributed by atoms with E-state index < -0.39 is 5.60 Å². The molecule has 0 amide bonds. The molecule has 4 heteroatoms. The summed E-state index contributed by atoms with van der Waals surface area (Å²) in [4.78, 5) is 6.91. The van der Waals surface area contributed by atoms with Gasteiger partial charge in [-0.2, -0.15) is 0 Å². The van der Waals surface area contributed by atoms with Crippen molar-refractivity contribution in [3.8, 4) is 5.75 Å². The molecule has 0 spiro atoms. The van der Waals surface area contributed by atoms with Crippen molar-refractivity contribution in [3.05, 3.63) is 48.6 Å². The number of aliphatic hydroxyl groups is 1. The predicted octanol–water partition coefficient (Wildman–Crippen LogP) is 3.05. The van der Waals surface area contributed by atoms with E-state index in [-0.39, 0.29) is 6.04 Å². The first kappa shape index (κ1) is 15.6. The van der Waals surface area contributed by atoms with E-state index in [9.17, 15) is 5.11 Å². The van der Waals surface area contributed by atoms with Crippen molar-refractivity contribution >= 4 is 11.9 Å². The summed E-state index contributed by atoms with van der Waals surface area (Å²) in [5, 5.41) is 11.7. The van der Waals surface area contributed by atoms with Gasteiger partial charge in [-0.15, -0.1) is 6.58 Å². The largest absolute Gasteiger partial charge is 0.497 e. The van der Waals surface area contributed by atoms with Crippen LogP contribution < -0.4 is 4.74 Å². The molecule has 4 nitrogen and oxygen atoms in total. The molecule has 0 aliphatic carbocycles. The molecule has 5 atom stereocenters. The summed E-state index contributed by atoms with van der Waals surface area (Å²) < 4.78 is 5.38. The molecule has 1 aromatic carbocycles. The third-order valence-electron chi connectivity index (χ3n) is 5.90. The Morgan fingerprint density at radius 1 is 1.46 bits per heavy atom. The number of allylic oxidation sites excluding steroid dienone is 1. The fourth-order valence-electron chi connectivity index (χ4n) is 4.56. The van der Waals surface area contributed by atoms with Gasteiger partial charge in [0, 0.05) is 24.4 Å². The topological polar surface area (TPSA) is 45.1 Å². The molecule has 0 radical (unpaired) electrons. The van der Waals surface area contributed by atoms with Crippen molar-refractivity contribution in [2.75, 3.05) is 20.2 Å². The number of methoxy groups -OCH3 is 1. The van der Waals surface area contributed by atoms with Crippen LogP contribution in [0, 0.1) is 11.8 Å². The van der Waals surface area contributed by atoms with Crippen molar-refractivity contribution in [3.63, 3.8) is 0 Å². The fourth-order valence-corrected chi connectivity index (χ4v) is 4.56. The normalized spacial score (nSPS) is 36.9. The first-order valence-electron chi connectivity index (χ1n) is 8.65. The summed E-state index contributed by atoms with van der Waals surface area (Å²) >= 11 is 0. The van der Waals surface area contributed by atoms with Crippen molar-refractivity contribution in [2.45, 2.75) is 24.5 Å². The van der Waals surface area contributed by atoms with Gasteiger partial charge in [0.25, 0.3) is 0 Å². The van der Waals surface area contributed by atoms with Crippen molar-refractivity contribution < 1.29 is 9.84 Å². The molecule has 2 bridgehead atoms. The van der Waals surface area contributed by atoms with Crippen LogP contribution in [0.25, 0.3) is 0 Å². The Bertz CT molecular complexity index is 712. The highest BCUT2D eigenvalue weighted by atomic mass is 16.5.